The minimum atomic E-state index is -0.124. The summed E-state index contributed by atoms with van der Waals surface area (Å²) in [5.74, 6) is 0.446. The summed E-state index contributed by atoms with van der Waals surface area (Å²) in [5, 5.41) is 8.72. The predicted octanol–water partition coefficient (Wildman–Crippen LogP) is 1.05. The van der Waals surface area contributed by atoms with Crippen LogP contribution in [0.5, 0.6) is 0 Å². The van der Waals surface area contributed by atoms with Crippen molar-refractivity contribution in [2.75, 3.05) is 39.2 Å². The number of nitrogens with zero attached hydrogens (tertiary/aromatic N) is 1. The number of methoxy groups -OCH3 is 1. The van der Waals surface area contributed by atoms with Crippen molar-refractivity contribution in [1.82, 2.24) is 10.6 Å². The number of nitrogens with one attached hydrogen (secondary N) is 3. The number of amides is 1. The van der Waals surface area contributed by atoms with Crippen molar-refractivity contribution in [1.29, 1.82) is 0 Å². The number of carbonyl (C=O) groups is 1. The van der Waals surface area contributed by atoms with Crippen molar-refractivity contribution in [2.24, 2.45) is 4.99 Å². The van der Waals surface area contributed by atoms with Crippen molar-refractivity contribution in [3.8, 4) is 0 Å². The molecule has 1 aromatic carbocycles. The van der Waals surface area contributed by atoms with Crippen LogP contribution in [0.15, 0.2) is 35.3 Å². The lowest BCUT2D eigenvalue weighted by Crippen LogP contribution is -2.42. The van der Waals surface area contributed by atoms with Crippen LogP contribution in [0.1, 0.15) is 0 Å². The Hall–Kier alpha value is -1.35. The number of halogens is 1. The molecule has 1 rings (SSSR count). The van der Waals surface area contributed by atoms with Gasteiger partial charge in [0.15, 0.2) is 5.96 Å². The van der Waals surface area contributed by atoms with Gasteiger partial charge >= 0.3 is 0 Å². The lowest BCUT2D eigenvalue weighted by molar-refractivity contribution is -0.115. The number of anilines is 1. The first-order chi connectivity index (χ1) is 9.26. The molecule has 6 nitrogen and oxygen atoms in total. The van der Waals surface area contributed by atoms with Gasteiger partial charge in [-0.05, 0) is 12.1 Å². The topological polar surface area (TPSA) is 74.8 Å². The fraction of sp³-hybridized carbons (Fsp3) is 0.385. The highest BCUT2D eigenvalue weighted by Gasteiger charge is 2.03. The molecular formula is C13H21IN4O2. The zero-order valence-corrected chi connectivity index (χ0v) is 14.0. The molecule has 0 aliphatic rings. The summed E-state index contributed by atoms with van der Waals surface area (Å²) in [6.45, 7) is 1.37. The lowest BCUT2D eigenvalue weighted by Gasteiger charge is -2.11. The van der Waals surface area contributed by atoms with Crippen LogP contribution in [0.4, 0.5) is 5.69 Å². The fourth-order valence-electron chi connectivity index (χ4n) is 1.38. The predicted molar refractivity (Wildman–Crippen MR) is 91.7 cm³/mol. The third kappa shape index (κ3) is 7.95. The summed E-state index contributed by atoms with van der Waals surface area (Å²) in [6, 6.07) is 9.31. The molecule has 0 unspecified atom stereocenters. The first-order valence-corrected chi connectivity index (χ1v) is 6.04. The third-order valence-electron chi connectivity index (χ3n) is 2.30. The molecule has 0 saturated heterocycles. The van der Waals surface area contributed by atoms with Crippen LogP contribution in [0, 0.1) is 0 Å². The number of hydrogen-bond donors (Lipinski definition) is 3. The molecule has 0 fully saturated rings. The molecule has 0 heterocycles. The quantitative estimate of drug-likeness (QED) is 0.293. The smallest absolute Gasteiger partial charge is 0.243 e. The van der Waals surface area contributed by atoms with Crippen molar-refractivity contribution in [2.45, 2.75) is 0 Å². The molecule has 0 atom stereocenters. The van der Waals surface area contributed by atoms with E-state index >= 15 is 0 Å². The van der Waals surface area contributed by atoms with E-state index in [1.807, 2.05) is 30.3 Å². The zero-order valence-electron chi connectivity index (χ0n) is 11.7. The Morgan fingerprint density at radius 1 is 1.25 bits per heavy atom. The van der Waals surface area contributed by atoms with E-state index in [1.165, 1.54) is 0 Å². The third-order valence-corrected chi connectivity index (χ3v) is 2.30. The Balaban J connectivity index is 0.00000361. The van der Waals surface area contributed by atoms with Gasteiger partial charge in [0.2, 0.25) is 5.91 Å². The molecule has 1 amide bonds. The summed E-state index contributed by atoms with van der Waals surface area (Å²) in [4.78, 5) is 15.7. The molecule has 0 radical (unpaired) electrons. The summed E-state index contributed by atoms with van der Waals surface area (Å²) in [7, 11) is 3.28. The van der Waals surface area contributed by atoms with Crippen LogP contribution in [-0.4, -0.2) is 45.7 Å². The monoisotopic (exact) mass is 392 g/mol. The zero-order chi connectivity index (χ0) is 13.9. The number of para-hydroxylation sites is 1. The molecule has 0 aliphatic carbocycles. The summed E-state index contributed by atoms with van der Waals surface area (Å²) in [5.41, 5.74) is 0.775. The van der Waals surface area contributed by atoms with Gasteiger partial charge in [0.25, 0.3) is 0 Å². The molecule has 0 spiro atoms. The maximum atomic E-state index is 11.7. The Morgan fingerprint density at radius 3 is 2.55 bits per heavy atom. The van der Waals surface area contributed by atoms with Crippen molar-refractivity contribution in [3.63, 3.8) is 0 Å². The molecule has 112 valence electrons. The Labute approximate surface area is 136 Å². The number of guanidine groups is 1. The van der Waals surface area contributed by atoms with Gasteiger partial charge in [0, 0.05) is 26.4 Å². The number of aliphatic imine (C=N–C) groups is 1. The van der Waals surface area contributed by atoms with Gasteiger partial charge in [0.1, 0.15) is 0 Å². The van der Waals surface area contributed by atoms with Gasteiger partial charge < -0.3 is 20.7 Å². The first kappa shape index (κ1) is 18.7. The molecule has 0 aliphatic heterocycles. The molecule has 1 aromatic rings. The maximum Gasteiger partial charge on any atom is 0.243 e. The minimum absolute atomic E-state index is 0. The van der Waals surface area contributed by atoms with Crippen LogP contribution in [-0.2, 0) is 9.53 Å². The maximum absolute atomic E-state index is 11.7. The van der Waals surface area contributed by atoms with E-state index in [1.54, 1.807) is 14.2 Å². The van der Waals surface area contributed by atoms with E-state index in [-0.39, 0.29) is 36.4 Å². The highest BCUT2D eigenvalue weighted by atomic mass is 127. The highest BCUT2D eigenvalue weighted by molar-refractivity contribution is 14.0. The second-order valence-electron chi connectivity index (χ2n) is 3.76. The van der Waals surface area contributed by atoms with E-state index in [2.05, 4.69) is 20.9 Å². The van der Waals surface area contributed by atoms with Crippen molar-refractivity contribution in [3.05, 3.63) is 30.3 Å². The average Bonchev–Trinajstić information content (AvgIpc) is 2.44. The van der Waals surface area contributed by atoms with Crippen LogP contribution >= 0.6 is 24.0 Å². The van der Waals surface area contributed by atoms with E-state index < -0.39 is 0 Å². The summed E-state index contributed by atoms with van der Waals surface area (Å²) >= 11 is 0. The summed E-state index contributed by atoms with van der Waals surface area (Å²) < 4.78 is 4.92. The van der Waals surface area contributed by atoms with Crippen LogP contribution in [0.2, 0.25) is 0 Å². The Kier molecular flexibility index (Phi) is 10.7. The molecule has 20 heavy (non-hydrogen) atoms. The lowest BCUT2D eigenvalue weighted by atomic mass is 10.3. The second kappa shape index (κ2) is 11.5. The Morgan fingerprint density at radius 2 is 1.95 bits per heavy atom. The molecule has 0 aromatic heterocycles. The summed E-state index contributed by atoms with van der Waals surface area (Å²) in [6.07, 6.45) is 0. The number of rotatable bonds is 6. The molecule has 7 heteroatoms. The average molecular weight is 392 g/mol. The van der Waals surface area contributed by atoms with E-state index in [0.29, 0.717) is 19.1 Å². The van der Waals surface area contributed by atoms with Crippen molar-refractivity contribution >= 4 is 41.5 Å². The van der Waals surface area contributed by atoms with Gasteiger partial charge in [0.05, 0.1) is 13.2 Å². The van der Waals surface area contributed by atoms with Gasteiger partial charge in [-0.1, -0.05) is 18.2 Å². The van der Waals surface area contributed by atoms with Crippen LogP contribution in [0.25, 0.3) is 0 Å². The number of carbonyl (C=O) groups excluding carboxylic acids is 1. The van der Waals surface area contributed by atoms with Crippen molar-refractivity contribution < 1.29 is 9.53 Å². The molecule has 0 saturated carbocycles. The molecular weight excluding hydrogens is 371 g/mol. The second-order valence-corrected chi connectivity index (χ2v) is 3.76. The number of benzene rings is 1. The largest absolute Gasteiger partial charge is 0.383 e. The standard InChI is InChI=1S/C13H20N4O2.HI/c1-14-13(15-8-9-19-2)16-10-12(18)17-11-6-4-3-5-7-11;/h3-7H,8-10H2,1-2H3,(H,17,18)(H2,14,15,16);1H. The van der Waals surface area contributed by atoms with E-state index in [4.69, 9.17) is 4.74 Å². The number of hydrogen-bond acceptors (Lipinski definition) is 3. The van der Waals surface area contributed by atoms with Crippen LogP contribution < -0.4 is 16.0 Å². The van der Waals surface area contributed by atoms with E-state index in [9.17, 15) is 4.79 Å². The Bertz CT molecular complexity index is 412. The SMILES string of the molecule is CN=C(NCCOC)NCC(=O)Nc1ccccc1.I. The normalized spacial score (nSPS) is 10.4. The van der Waals surface area contributed by atoms with E-state index in [0.717, 1.165) is 5.69 Å². The van der Waals surface area contributed by atoms with Gasteiger partial charge in [-0.3, -0.25) is 9.79 Å². The first-order valence-electron chi connectivity index (χ1n) is 6.04. The van der Waals surface area contributed by atoms with Gasteiger partial charge in [-0.15, -0.1) is 24.0 Å². The number of ether oxygens (including phenoxy) is 1. The van der Waals surface area contributed by atoms with Gasteiger partial charge in [-0.25, -0.2) is 0 Å². The van der Waals surface area contributed by atoms with Gasteiger partial charge in [-0.2, -0.15) is 0 Å². The molecule has 0 bridgehead atoms. The highest BCUT2D eigenvalue weighted by Crippen LogP contribution is 2.03. The fourth-order valence-corrected chi connectivity index (χ4v) is 1.38. The van der Waals surface area contributed by atoms with Crippen LogP contribution in [0.3, 0.4) is 0 Å². The molecule has 3 N–H and O–H groups in total. The minimum Gasteiger partial charge on any atom is -0.383 e.